The Morgan fingerprint density at radius 1 is 1.25 bits per heavy atom. The number of carbonyl (C=O) groups is 1. The Morgan fingerprint density at radius 3 is 2.54 bits per heavy atom. The Hall–Kier alpha value is -1.53. The summed E-state index contributed by atoms with van der Waals surface area (Å²) in [6.07, 6.45) is 2.80. The number of hydrogen-bond donors (Lipinski definition) is 1. The van der Waals surface area contributed by atoms with E-state index in [0.29, 0.717) is 32.5 Å². The highest BCUT2D eigenvalue weighted by Gasteiger charge is 2.48. The number of piperidine rings is 1. The second-order valence-corrected chi connectivity index (χ2v) is 6.56. The van der Waals surface area contributed by atoms with E-state index in [1.165, 1.54) is 18.2 Å². The van der Waals surface area contributed by atoms with Gasteiger partial charge in [-0.15, -0.1) is 0 Å². The molecule has 4 nitrogen and oxygen atoms in total. The topological polar surface area (TPSA) is 49.8 Å². The molecular formula is C18H23F2NO3. The smallest absolute Gasteiger partial charge is 0.226 e. The highest BCUT2D eigenvalue weighted by Crippen LogP contribution is 2.50. The van der Waals surface area contributed by atoms with E-state index in [4.69, 9.17) is 9.84 Å². The van der Waals surface area contributed by atoms with Crippen LogP contribution in [0.5, 0.6) is 0 Å². The summed E-state index contributed by atoms with van der Waals surface area (Å²) in [5, 5.41) is 8.75. The lowest BCUT2D eigenvalue weighted by Crippen LogP contribution is -2.42. The van der Waals surface area contributed by atoms with Crippen LogP contribution in [0.3, 0.4) is 0 Å². The second kappa shape index (κ2) is 7.57. The van der Waals surface area contributed by atoms with Crippen LogP contribution < -0.4 is 0 Å². The third-order valence-electron chi connectivity index (χ3n) is 4.89. The first-order chi connectivity index (χ1) is 11.6. The van der Waals surface area contributed by atoms with Crippen LogP contribution in [0.25, 0.3) is 0 Å². The predicted octanol–water partition coefficient (Wildman–Crippen LogP) is 2.46. The number of rotatable bonds is 6. The lowest BCUT2D eigenvalue weighted by molar-refractivity contribution is -0.135. The number of halogens is 2. The summed E-state index contributed by atoms with van der Waals surface area (Å²) in [6.45, 7) is 1.89. The molecule has 1 heterocycles. The molecule has 0 spiro atoms. The number of aliphatic hydroxyl groups excluding tert-OH is 1. The fraction of sp³-hybridized carbons (Fsp3) is 0.611. The Labute approximate surface area is 140 Å². The summed E-state index contributed by atoms with van der Waals surface area (Å²) >= 11 is 0. The monoisotopic (exact) mass is 339 g/mol. The van der Waals surface area contributed by atoms with Gasteiger partial charge in [-0.2, -0.15) is 0 Å². The molecule has 0 bridgehead atoms. The van der Waals surface area contributed by atoms with Gasteiger partial charge < -0.3 is 14.7 Å². The first kappa shape index (κ1) is 17.3. The molecule has 0 aromatic heterocycles. The van der Waals surface area contributed by atoms with Gasteiger partial charge in [0.15, 0.2) is 0 Å². The number of likely N-dealkylation sites (tertiary alicyclic amines) is 1. The minimum atomic E-state index is -0.564. The number of hydrogen-bond acceptors (Lipinski definition) is 3. The molecule has 1 saturated carbocycles. The molecule has 2 fully saturated rings. The molecule has 6 heteroatoms. The summed E-state index contributed by atoms with van der Waals surface area (Å²) in [7, 11) is 0. The van der Waals surface area contributed by atoms with Crippen LogP contribution in [0.2, 0.25) is 0 Å². The number of benzene rings is 1. The SMILES string of the molecule is O=C(C1CC1c1c(F)cccc1F)N1CCC(OCCCO)CC1. The van der Waals surface area contributed by atoms with Crippen LogP contribution in [0.15, 0.2) is 18.2 Å². The first-order valence-corrected chi connectivity index (χ1v) is 8.57. The van der Waals surface area contributed by atoms with E-state index in [2.05, 4.69) is 0 Å². The number of aliphatic hydroxyl groups is 1. The van der Waals surface area contributed by atoms with E-state index in [9.17, 15) is 13.6 Å². The molecule has 1 aliphatic carbocycles. The number of carbonyl (C=O) groups excluding carboxylic acids is 1. The molecular weight excluding hydrogens is 316 g/mol. The summed E-state index contributed by atoms with van der Waals surface area (Å²) in [6, 6.07) is 3.83. The van der Waals surface area contributed by atoms with E-state index in [-0.39, 0.29) is 36.0 Å². The van der Waals surface area contributed by atoms with Gasteiger partial charge in [-0.25, -0.2) is 8.78 Å². The van der Waals surface area contributed by atoms with E-state index >= 15 is 0 Å². The van der Waals surface area contributed by atoms with Crippen molar-refractivity contribution in [3.05, 3.63) is 35.4 Å². The first-order valence-electron chi connectivity index (χ1n) is 8.57. The summed E-state index contributed by atoms with van der Waals surface area (Å²) in [5.74, 6) is -1.77. The largest absolute Gasteiger partial charge is 0.396 e. The predicted molar refractivity (Wildman–Crippen MR) is 84.5 cm³/mol. The fourth-order valence-electron chi connectivity index (χ4n) is 3.44. The van der Waals surface area contributed by atoms with Crippen molar-refractivity contribution in [2.24, 2.45) is 5.92 Å². The van der Waals surface area contributed by atoms with Gasteiger partial charge in [0.25, 0.3) is 0 Å². The van der Waals surface area contributed by atoms with Crippen LogP contribution in [0, 0.1) is 17.6 Å². The maximum atomic E-state index is 13.8. The highest BCUT2D eigenvalue weighted by molar-refractivity contribution is 5.83. The second-order valence-electron chi connectivity index (χ2n) is 6.56. The normalized spacial score (nSPS) is 24.2. The van der Waals surface area contributed by atoms with Gasteiger partial charge >= 0.3 is 0 Å². The van der Waals surface area contributed by atoms with Crippen molar-refractivity contribution in [1.82, 2.24) is 4.90 Å². The summed E-state index contributed by atoms with van der Waals surface area (Å²) < 4.78 is 33.3. The third-order valence-corrected chi connectivity index (χ3v) is 4.89. The number of amides is 1. The van der Waals surface area contributed by atoms with Gasteiger partial charge in [0.05, 0.1) is 6.10 Å². The van der Waals surface area contributed by atoms with Crippen molar-refractivity contribution in [2.75, 3.05) is 26.3 Å². The van der Waals surface area contributed by atoms with Gasteiger partial charge in [0, 0.05) is 43.7 Å². The minimum absolute atomic E-state index is 0.00328. The highest BCUT2D eigenvalue weighted by atomic mass is 19.1. The fourth-order valence-corrected chi connectivity index (χ4v) is 3.44. The standard InChI is InChI=1S/C18H23F2NO3/c19-15-3-1-4-16(20)17(15)13-11-14(13)18(23)21-7-5-12(6-8-21)24-10-2-9-22/h1,3-4,12-14,22H,2,5-11H2. The molecule has 1 aromatic rings. The zero-order valence-corrected chi connectivity index (χ0v) is 13.6. The molecule has 24 heavy (non-hydrogen) atoms. The minimum Gasteiger partial charge on any atom is -0.396 e. The van der Waals surface area contributed by atoms with Crippen LogP contribution in [-0.2, 0) is 9.53 Å². The lowest BCUT2D eigenvalue weighted by atomic mass is 10.0. The van der Waals surface area contributed by atoms with Crippen molar-refractivity contribution in [2.45, 2.75) is 37.7 Å². The van der Waals surface area contributed by atoms with Crippen molar-refractivity contribution in [3.63, 3.8) is 0 Å². The zero-order valence-electron chi connectivity index (χ0n) is 13.6. The molecule has 2 atom stereocenters. The van der Waals surface area contributed by atoms with Crippen LogP contribution in [0.4, 0.5) is 8.78 Å². The molecule has 1 saturated heterocycles. The maximum absolute atomic E-state index is 13.8. The van der Waals surface area contributed by atoms with Crippen molar-refractivity contribution >= 4 is 5.91 Å². The van der Waals surface area contributed by atoms with Crippen LogP contribution >= 0.6 is 0 Å². The maximum Gasteiger partial charge on any atom is 0.226 e. The molecule has 1 amide bonds. The van der Waals surface area contributed by atoms with Crippen LogP contribution in [0.1, 0.15) is 37.2 Å². The Morgan fingerprint density at radius 2 is 1.92 bits per heavy atom. The van der Waals surface area contributed by atoms with Gasteiger partial charge in [-0.05, 0) is 37.8 Å². The van der Waals surface area contributed by atoms with Crippen molar-refractivity contribution in [3.8, 4) is 0 Å². The van der Waals surface area contributed by atoms with Crippen molar-refractivity contribution < 1.29 is 23.4 Å². The zero-order chi connectivity index (χ0) is 17.1. The molecule has 1 N–H and O–H groups in total. The number of ether oxygens (including phenoxy) is 1. The molecule has 2 aliphatic rings. The van der Waals surface area contributed by atoms with Gasteiger partial charge in [-0.3, -0.25) is 4.79 Å². The van der Waals surface area contributed by atoms with Gasteiger partial charge in [0.1, 0.15) is 11.6 Å². The lowest BCUT2D eigenvalue weighted by Gasteiger charge is -2.32. The molecule has 1 aliphatic heterocycles. The molecule has 132 valence electrons. The van der Waals surface area contributed by atoms with Gasteiger partial charge in [-0.1, -0.05) is 6.07 Å². The summed E-state index contributed by atoms with van der Waals surface area (Å²) in [4.78, 5) is 14.3. The molecule has 3 rings (SSSR count). The number of nitrogens with zero attached hydrogens (tertiary/aromatic N) is 1. The van der Waals surface area contributed by atoms with E-state index in [1.54, 1.807) is 4.90 Å². The Balaban J connectivity index is 1.51. The molecule has 2 unspecified atom stereocenters. The summed E-state index contributed by atoms with van der Waals surface area (Å²) in [5.41, 5.74) is 0.0538. The van der Waals surface area contributed by atoms with E-state index < -0.39 is 11.6 Å². The van der Waals surface area contributed by atoms with E-state index in [1.807, 2.05) is 0 Å². The molecule has 0 radical (unpaired) electrons. The molecule has 1 aromatic carbocycles. The van der Waals surface area contributed by atoms with E-state index in [0.717, 1.165) is 12.8 Å². The average Bonchev–Trinajstić information content (AvgIpc) is 3.35. The average molecular weight is 339 g/mol. The van der Waals surface area contributed by atoms with Crippen LogP contribution in [-0.4, -0.2) is 48.3 Å². The Kier molecular flexibility index (Phi) is 5.46. The quantitative estimate of drug-likeness (QED) is 0.810. The van der Waals surface area contributed by atoms with Gasteiger partial charge in [0.2, 0.25) is 5.91 Å². The third kappa shape index (κ3) is 3.75. The van der Waals surface area contributed by atoms with Crippen molar-refractivity contribution in [1.29, 1.82) is 0 Å². The Bertz CT molecular complexity index is 567.